The van der Waals surface area contributed by atoms with Crippen LogP contribution in [0.3, 0.4) is 0 Å². The summed E-state index contributed by atoms with van der Waals surface area (Å²) in [5, 5.41) is 2.91. The molecule has 0 saturated heterocycles. The molecule has 3 nitrogen and oxygen atoms in total. The number of carbonyl (C=O) groups is 1. The van der Waals surface area contributed by atoms with Crippen molar-refractivity contribution < 1.29 is 9.18 Å². The van der Waals surface area contributed by atoms with Crippen molar-refractivity contribution in [3.63, 3.8) is 0 Å². The Morgan fingerprint density at radius 1 is 1.40 bits per heavy atom. The molecule has 5 heteroatoms. The minimum Gasteiger partial charge on any atom is -0.352 e. The predicted molar refractivity (Wildman–Crippen MR) is 80.3 cm³/mol. The van der Waals surface area contributed by atoms with E-state index in [4.69, 9.17) is 5.73 Å². The molecule has 0 aliphatic heterocycles. The van der Waals surface area contributed by atoms with Gasteiger partial charge in [0.05, 0.1) is 5.54 Å². The van der Waals surface area contributed by atoms with Gasteiger partial charge in [0.15, 0.2) is 0 Å². The molecule has 1 fully saturated rings. The van der Waals surface area contributed by atoms with E-state index in [0.29, 0.717) is 12.0 Å². The second-order valence-electron chi connectivity index (χ2n) is 5.53. The fourth-order valence-electron chi connectivity index (χ4n) is 2.65. The van der Waals surface area contributed by atoms with Gasteiger partial charge in [-0.3, -0.25) is 4.79 Å². The van der Waals surface area contributed by atoms with E-state index in [1.165, 1.54) is 6.07 Å². The zero-order chi connectivity index (χ0) is 13.9. The van der Waals surface area contributed by atoms with Crippen molar-refractivity contribution in [2.75, 3.05) is 0 Å². The summed E-state index contributed by atoms with van der Waals surface area (Å²) in [4.78, 5) is 12.1. The third-order valence-corrected chi connectivity index (χ3v) is 3.81. The van der Waals surface area contributed by atoms with Crippen LogP contribution in [-0.2, 0) is 11.2 Å². The molecule has 20 heavy (non-hydrogen) atoms. The number of benzene rings is 1. The summed E-state index contributed by atoms with van der Waals surface area (Å²) in [5.41, 5.74) is 5.99. The second kappa shape index (κ2) is 7.04. The summed E-state index contributed by atoms with van der Waals surface area (Å²) in [6.45, 7) is 1.88. The van der Waals surface area contributed by atoms with Gasteiger partial charge in [-0.25, -0.2) is 4.39 Å². The van der Waals surface area contributed by atoms with Crippen molar-refractivity contribution in [3.8, 4) is 0 Å². The monoisotopic (exact) mass is 300 g/mol. The van der Waals surface area contributed by atoms with Gasteiger partial charge in [0.2, 0.25) is 5.91 Å². The van der Waals surface area contributed by atoms with Gasteiger partial charge in [0, 0.05) is 6.04 Å². The van der Waals surface area contributed by atoms with Gasteiger partial charge in [-0.05, 0) is 37.8 Å². The molecule has 1 unspecified atom stereocenters. The second-order valence-corrected chi connectivity index (χ2v) is 5.53. The molecular formula is C15H22ClFN2O. The maximum absolute atomic E-state index is 13.5. The Morgan fingerprint density at radius 3 is 2.60 bits per heavy atom. The number of nitrogens with one attached hydrogen (secondary N) is 1. The van der Waals surface area contributed by atoms with Gasteiger partial charge in [0.1, 0.15) is 5.82 Å². The minimum atomic E-state index is -0.719. The molecule has 0 spiro atoms. The fraction of sp³-hybridized carbons (Fsp3) is 0.533. The zero-order valence-corrected chi connectivity index (χ0v) is 12.5. The molecule has 1 aromatic rings. The number of halogens is 2. The van der Waals surface area contributed by atoms with E-state index in [2.05, 4.69) is 5.32 Å². The molecule has 0 bridgehead atoms. The van der Waals surface area contributed by atoms with E-state index in [1.807, 2.05) is 6.92 Å². The van der Waals surface area contributed by atoms with Crippen LogP contribution in [0.5, 0.6) is 0 Å². The van der Waals surface area contributed by atoms with Crippen LogP contribution >= 0.6 is 12.4 Å². The lowest BCUT2D eigenvalue weighted by molar-refractivity contribution is -0.126. The van der Waals surface area contributed by atoms with Crippen molar-refractivity contribution in [3.05, 3.63) is 35.6 Å². The highest BCUT2D eigenvalue weighted by molar-refractivity contribution is 5.86. The van der Waals surface area contributed by atoms with E-state index in [1.54, 1.807) is 18.2 Å². The molecule has 1 aromatic carbocycles. The third-order valence-electron chi connectivity index (χ3n) is 3.81. The van der Waals surface area contributed by atoms with Gasteiger partial charge in [-0.1, -0.05) is 31.0 Å². The normalized spacial score (nSPS) is 18.1. The number of hydrogen-bond acceptors (Lipinski definition) is 2. The van der Waals surface area contributed by atoms with E-state index < -0.39 is 5.54 Å². The van der Waals surface area contributed by atoms with Crippen LogP contribution in [0.4, 0.5) is 4.39 Å². The first-order chi connectivity index (χ1) is 9.01. The summed E-state index contributed by atoms with van der Waals surface area (Å²) >= 11 is 0. The summed E-state index contributed by atoms with van der Waals surface area (Å²) in [5.74, 6) is -0.333. The largest absolute Gasteiger partial charge is 0.352 e. The average Bonchev–Trinajstić information content (AvgIpc) is 2.80. The van der Waals surface area contributed by atoms with Crippen LogP contribution in [0, 0.1) is 5.82 Å². The Bertz CT molecular complexity index is 461. The molecule has 0 aromatic heterocycles. The first kappa shape index (κ1) is 16.9. The van der Waals surface area contributed by atoms with Crippen molar-refractivity contribution in [1.82, 2.24) is 5.32 Å². The van der Waals surface area contributed by atoms with Crippen molar-refractivity contribution >= 4 is 18.3 Å². The van der Waals surface area contributed by atoms with Gasteiger partial charge >= 0.3 is 0 Å². The number of rotatable bonds is 4. The van der Waals surface area contributed by atoms with Crippen LogP contribution in [0.25, 0.3) is 0 Å². The standard InChI is InChI=1S/C15H21FN2O.ClH/c1-11(10-12-6-2-3-7-13(12)16)18-14(19)15(17)8-4-5-9-15;/h2-3,6-7,11H,4-5,8-10,17H2,1H3,(H,18,19);1H. The molecule has 3 N–H and O–H groups in total. The molecule has 0 radical (unpaired) electrons. The molecule has 2 rings (SSSR count). The first-order valence-corrected chi connectivity index (χ1v) is 6.84. The summed E-state index contributed by atoms with van der Waals surface area (Å²) in [6, 6.07) is 6.52. The Balaban J connectivity index is 0.00000200. The Hall–Kier alpha value is -1.13. The molecule has 112 valence electrons. The quantitative estimate of drug-likeness (QED) is 0.898. The highest BCUT2D eigenvalue weighted by atomic mass is 35.5. The molecule has 1 aliphatic rings. The maximum atomic E-state index is 13.5. The van der Waals surface area contributed by atoms with Crippen LogP contribution in [0.1, 0.15) is 38.2 Å². The van der Waals surface area contributed by atoms with Crippen LogP contribution < -0.4 is 11.1 Å². The summed E-state index contributed by atoms with van der Waals surface area (Å²) in [7, 11) is 0. The van der Waals surface area contributed by atoms with Gasteiger partial charge in [-0.15, -0.1) is 12.4 Å². The van der Waals surface area contributed by atoms with Gasteiger partial charge < -0.3 is 11.1 Å². The smallest absolute Gasteiger partial charge is 0.240 e. The van der Waals surface area contributed by atoms with Gasteiger partial charge in [0.25, 0.3) is 0 Å². The van der Waals surface area contributed by atoms with E-state index in [-0.39, 0.29) is 30.2 Å². The zero-order valence-electron chi connectivity index (χ0n) is 11.7. The summed E-state index contributed by atoms with van der Waals surface area (Å²) < 4.78 is 13.5. The van der Waals surface area contributed by atoms with E-state index in [9.17, 15) is 9.18 Å². The molecule has 1 saturated carbocycles. The molecular weight excluding hydrogens is 279 g/mol. The van der Waals surface area contributed by atoms with E-state index in [0.717, 1.165) is 25.7 Å². The van der Waals surface area contributed by atoms with Crippen molar-refractivity contribution in [2.45, 2.75) is 50.6 Å². The van der Waals surface area contributed by atoms with Crippen LogP contribution in [0.2, 0.25) is 0 Å². The SMILES string of the molecule is CC(Cc1ccccc1F)NC(=O)C1(N)CCCC1.Cl. The fourth-order valence-corrected chi connectivity index (χ4v) is 2.65. The average molecular weight is 301 g/mol. The van der Waals surface area contributed by atoms with Crippen LogP contribution in [0.15, 0.2) is 24.3 Å². The van der Waals surface area contributed by atoms with Crippen LogP contribution in [-0.4, -0.2) is 17.5 Å². The number of hydrogen-bond donors (Lipinski definition) is 2. The number of nitrogens with two attached hydrogens (primary N) is 1. The topological polar surface area (TPSA) is 55.1 Å². The Kier molecular flexibility index (Phi) is 5.96. The number of carbonyl (C=O) groups excluding carboxylic acids is 1. The highest BCUT2D eigenvalue weighted by Crippen LogP contribution is 2.27. The first-order valence-electron chi connectivity index (χ1n) is 6.84. The van der Waals surface area contributed by atoms with E-state index >= 15 is 0 Å². The van der Waals surface area contributed by atoms with Crippen molar-refractivity contribution in [2.24, 2.45) is 5.73 Å². The molecule has 1 amide bonds. The highest BCUT2D eigenvalue weighted by Gasteiger charge is 2.37. The molecule has 1 aliphatic carbocycles. The minimum absolute atomic E-state index is 0. The lowest BCUT2D eigenvalue weighted by Gasteiger charge is -2.25. The van der Waals surface area contributed by atoms with Gasteiger partial charge in [-0.2, -0.15) is 0 Å². The van der Waals surface area contributed by atoms with Crippen molar-refractivity contribution in [1.29, 1.82) is 0 Å². The third kappa shape index (κ3) is 3.93. The lowest BCUT2D eigenvalue weighted by atomic mass is 9.97. The predicted octanol–water partition coefficient (Wildman–Crippen LogP) is 2.57. The molecule has 1 atom stereocenters. The Morgan fingerprint density at radius 2 is 2.00 bits per heavy atom. The Labute approximate surface area is 125 Å². The number of amides is 1. The summed E-state index contributed by atoms with van der Waals surface area (Å²) in [6.07, 6.45) is 3.97. The maximum Gasteiger partial charge on any atom is 0.240 e. The lowest BCUT2D eigenvalue weighted by Crippen LogP contribution is -2.54. The molecule has 0 heterocycles.